The average molecular weight is 210 g/mol. The van der Waals surface area contributed by atoms with E-state index >= 15 is 0 Å². The standard InChI is InChI=1S/C14H26O/c1-3-5-7-8-9-10-11-13-14(15)12-6-4-2/h4H,2-3,5-13H2,1H3. The topological polar surface area (TPSA) is 17.1 Å². The Morgan fingerprint density at radius 3 is 2.20 bits per heavy atom. The number of hydrogen-bond acceptors (Lipinski definition) is 1. The molecule has 0 aromatic carbocycles. The van der Waals surface area contributed by atoms with E-state index in [4.69, 9.17) is 0 Å². The summed E-state index contributed by atoms with van der Waals surface area (Å²) in [6.07, 6.45) is 13.1. The van der Waals surface area contributed by atoms with E-state index in [9.17, 15) is 4.79 Å². The van der Waals surface area contributed by atoms with Crippen LogP contribution in [0.5, 0.6) is 0 Å². The molecule has 0 aliphatic carbocycles. The highest BCUT2D eigenvalue weighted by atomic mass is 16.1. The number of hydrogen-bond donors (Lipinski definition) is 0. The molecule has 0 amide bonds. The van der Waals surface area contributed by atoms with Crippen molar-refractivity contribution in [3.05, 3.63) is 12.7 Å². The van der Waals surface area contributed by atoms with Crippen molar-refractivity contribution >= 4 is 5.78 Å². The van der Waals surface area contributed by atoms with Crippen LogP contribution in [-0.2, 0) is 4.79 Å². The summed E-state index contributed by atoms with van der Waals surface area (Å²) >= 11 is 0. The molecule has 0 saturated heterocycles. The zero-order valence-electron chi connectivity index (χ0n) is 10.3. The van der Waals surface area contributed by atoms with E-state index in [0.717, 1.165) is 19.3 Å². The highest BCUT2D eigenvalue weighted by Crippen LogP contribution is 2.09. The predicted octanol–water partition coefficient (Wildman–Crippen LogP) is 4.66. The molecule has 0 spiro atoms. The normalized spacial score (nSPS) is 10.2. The van der Waals surface area contributed by atoms with Crippen molar-refractivity contribution in [1.29, 1.82) is 0 Å². The van der Waals surface area contributed by atoms with Gasteiger partial charge in [-0.25, -0.2) is 0 Å². The largest absolute Gasteiger partial charge is 0.300 e. The van der Waals surface area contributed by atoms with Crippen molar-refractivity contribution < 1.29 is 4.79 Å². The van der Waals surface area contributed by atoms with E-state index in [-0.39, 0.29) is 0 Å². The molecule has 0 N–H and O–H groups in total. The molecule has 0 aromatic heterocycles. The SMILES string of the molecule is C=CCCC(=O)CCCCCCCCC. The Hall–Kier alpha value is -0.590. The Bertz CT molecular complexity index is 161. The molecule has 0 rings (SSSR count). The molecule has 0 saturated carbocycles. The first kappa shape index (κ1) is 14.4. The van der Waals surface area contributed by atoms with Gasteiger partial charge in [0, 0.05) is 12.8 Å². The van der Waals surface area contributed by atoms with Gasteiger partial charge in [0.2, 0.25) is 0 Å². The monoisotopic (exact) mass is 210 g/mol. The lowest BCUT2D eigenvalue weighted by Gasteiger charge is -2.00. The van der Waals surface area contributed by atoms with Crippen LogP contribution in [0.3, 0.4) is 0 Å². The van der Waals surface area contributed by atoms with E-state index in [1.54, 1.807) is 0 Å². The second-order valence-electron chi connectivity index (χ2n) is 4.24. The quantitative estimate of drug-likeness (QED) is 0.358. The first-order valence-corrected chi connectivity index (χ1v) is 6.43. The number of carbonyl (C=O) groups is 1. The predicted molar refractivity (Wildman–Crippen MR) is 67.0 cm³/mol. The van der Waals surface area contributed by atoms with E-state index in [2.05, 4.69) is 13.5 Å². The van der Waals surface area contributed by atoms with Gasteiger partial charge in [0.25, 0.3) is 0 Å². The van der Waals surface area contributed by atoms with Crippen LogP contribution in [0.15, 0.2) is 12.7 Å². The molecule has 0 aromatic rings. The first-order chi connectivity index (χ1) is 7.31. The van der Waals surface area contributed by atoms with Gasteiger partial charge in [-0.05, 0) is 12.8 Å². The molecule has 0 aliphatic rings. The van der Waals surface area contributed by atoms with Crippen molar-refractivity contribution in [2.45, 2.75) is 71.1 Å². The summed E-state index contributed by atoms with van der Waals surface area (Å²) in [5, 5.41) is 0. The molecular formula is C14H26O. The molecule has 15 heavy (non-hydrogen) atoms. The molecule has 0 fully saturated rings. The Morgan fingerprint density at radius 2 is 1.60 bits per heavy atom. The lowest BCUT2D eigenvalue weighted by Crippen LogP contribution is -1.96. The highest BCUT2D eigenvalue weighted by Gasteiger charge is 1.99. The fraction of sp³-hybridized carbons (Fsp3) is 0.786. The lowest BCUT2D eigenvalue weighted by molar-refractivity contribution is -0.119. The van der Waals surface area contributed by atoms with Crippen LogP contribution in [-0.4, -0.2) is 5.78 Å². The number of unbranched alkanes of at least 4 members (excludes halogenated alkanes) is 6. The maximum Gasteiger partial charge on any atom is 0.133 e. The van der Waals surface area contributed by atoms with Gasteiger partial charge >= 0.3 is 0 Å². The van der Waals surface area contributed by atoms with Gasteiger partial charge in [0.15, 0.2) is 0 Å². The van der Waals surface area contributed by atoms with Crippen molar-refractivity contribution in [2.24, 2.45) is 0 Å². The Morgan fingerprint density at radius 1 is 1.00 bits per heavy atom. The second kappa shape index (κ2) is 11.5. The Kier molecular flexibility index (Phi) is 11.0. The van der Waals surface area contributed by atoms with Crippen molar-refractivity contribution in [3.63, 3.8) is 0 Å². The van der Waals surface area contributed by atoms with Crippen molar-refractivity contribution in [1.82, 2.24) is 0 Å². The molecule has 0 unspecified atom stereocenters. The summed E-state index contributed by atoms with van der Waals surface area (Å²) in [6, 6.07) is 0. The minimum absolute atomic E-state index is 0.406. The number of rotatable bonds is 11. The van der Waals surface area contributed by atoms with Crippen LogP contribution >= 0.6 is 0 Å². The molecule has 1 heteroatoms. The van der Waals surface area contributed by atoms with E-state index < -0.39 is 0 Å². The van der Waals surface area contributed by atoms with Crippen LogP contribution < -0.4 is 0 Å². The summed E-state index contributed by atoms with van der Waals surface area (Å²) in [4.78, 5) is 11.3. The van der Waals surface area contributed by atoms with Gasteiger partial charge in [-0.15, -0.1) is 6.58 Å². The van der Waals surface area contributed by atoms with Crippen LogP contribution in [0, 0.1) is 0 Å². The molecule has 1 nitrogen and oxygen atoms in total. The molecule has 0 heterocycles. The minimum Gasteiger partial charge on any atom is -0.300 e. The van der Waals surface area contributed by atoms with Gasteiger partial charge in [0.05, 0.1) is 0 Å². The summed E-state index contributed by atoms with van der Waals surface area (Å²) in [6.45, 7) is 5.85. The third-order valence-electron chi connectivity index (χ3n) is 2.69. The zero-order chi connectivity index (χ0) is 11.4. The molecular weight excluding hydrogens is 184 g/mol. The third-order valence-corrected chi connectivity index (χ3v) is 2.69. The summed E-state index contributed by atoms with van der Waals surface area (Å²) in [7, 11) is 0. The minimum atomic E-state index is 0.406. The maximum absolute atomic E-state index is 11.3. The second-order valence-corrected chi connectivity index (χ2v) is 4.24. The molecule has 88 valence electrons. The third kappa shape index (κ3) is 11.3. The van der Waals surface area contributed by atoms with E-state index in [1.165, 1.54) is 38.5 Å². The maximum atomic E-state index is 11.3. The van der Waals surface area contributed by atoms with Crippen LogP contribution in [0.2, 0.25) is 0 Å². The van der Waals surface area contributed by atoms with Gasteiger partial charge in [0.1, 0.15) is 5.78 Å². The number of allylic oxidation sites excluding steroid dienone is 1. The molecule has 0 aliphatic heterocycles. The fourth-order valence-electron chi connectivity index (χ4n) is 1.67. The van der Waals surface area contributed by atoms with Gasteiger partial charge in [-0.2, -0.15) is 0 Å². The summed E-state index contributed by atoms with van der Waals surface area (Å²) in [5.74, 6) is 0.406. The first-order valence-electron chi connectivity index (χ1n) is 6.43. The highest BCUT2D eigenvalue weighted by molar-refractivity contribution is 5.78. The average Bonchev–Trinajstić information content (AvgIpc) is 2.25. The lowest BCUT2D eigenvalue weighted by atomic mass is 10.1. The van der Waals surface area contributed by atoms with Crippen LogP contribution in [0.4, 0.5) is 0 Å². The van der Waals surface area contributed by atoms with Gasteiger partial charge in [-0.3, -0.25) is 4.79 Å². The van der Waals surface area contributed by atoms with Crippen LogP contribution in [0.25, 0.3) is 0 Å². The number of carbonyl (C=O) groups excluding carboxylic acids is 1. The van der Waals surface area contributed by atoms with Crippen molar-refractivity contribution in [3.8, 4) is 0 Å². The Balaban J connectivity index is 3.09. The number of ketones is 1. The van der Waals surface area contributed by atoms with Crippen LogP contribution in [0.1, 0.15) is 71.1 Å². The van der Waals surface area contributed by atoms with Crippen molar-refractivity contribution in [2.75, 3.05) is 0 Å². The smallest absolute Gasteiger partial charge is 0.133 e. The molecule has 0 bridgehead atoms. The molecule has 0 radical (unpaired) electrons. The Labute approximate surface area is 95.0 Å². The van der Waals surface area contributed by atoms with E-state index in [0.29, 0.717) is 12.2 Å². The molecule has 0 atom stereocenters. The van der Waals surface area contributed by atoms with E-state index in [1.807, 2.05) is 6.08 Å². The van der Waals surface area contributed by atoms with Gasteiger partial charge in [-0.1, -0.05) is 51.5 Å². The summed E-state index contributed by atoms with van der Waals surface area (Å²) < 4.78 is 0. The van der Waals surface area contributed by atoms with Gasteiger partial charge < -0.3 is 0 Å². The summed E-state index contributed by atoms with van der Waals surface area (Å²) in [5.41, 5.74) is 0. The zero-order valence-corrected chi connectivity index (χ0v) is 10.3. The number of Topliss-reactive ketones (excluding diaryl/α,β-unsaturated/α-hetero) is 1. The fourth-order valence-corrected chi connectivity index (χ4v) is 1.67.